The fourth-order valence-corrected chi connectivity index (χ4v) is 4.16. The summed E-state index contributed by atoms with van der Waals surface area (Å²) in [5.41, 5.74) is 3.38. The fraction of sp³-hybridized carbons (Fsp3) is 0.333. The molecule has 0 spiro atoms. The number of anilines is 1. The minimum absolute atomic E-state index is 0.210. The highest BCUT2D eigenvalue weighted by Crippen LogP contribution is 2.31. The van der Waals surface area contributed by atoms with Crippen LogP contribution in [0, 0.1) is 0 Å². The van der Waals surface area contributed by atoms with Crippen molar-refractivity contribution in [3.8, 4) is 5.69 Å². The zero-order valence-electron chi connectivity index (χ0n) is 15.3. The first kappa shape index (κ1) is 16.2. The van der Waals surface area contributed by atoms with Gasteiger partial charge in [0.2, 0.25) is 5.96 Å². The summed E-state index contributed by atoms with van der Waals surface area (Å²) in [5.74, 6) is 0.800. The summed E-state index contributed by atoms with van der Waals surface area (Å²) in [5, 5.41) is 11.3. The average Bonchev–Trinajstić information content (AvgIpc) is 3.42. The molecule has 1 aliphatic carbocycles. The van der Waals surface area contributed by atoms with Gasteiger partial charge in [-0.25, -0.2) is 9.67 Å². The van der Waals surface area contributed by atoms with Crippen molar-refractivity contribution in [2.24, 2.45) is 4.99 Å². The highest BCUT2D eigenvalue weighted by Gasteiger charge is 2.32. The number of allylic oxidation sites excluding steroid dienone is 1. The predicted molar refractivity (Wildman–Crippen MR) is 107 cm³/mol. The number of aliphatic imine (C=N–C) groups is 1. The van der Waals surface area contributed by atoms with Crippen molar-refractivity contribution in [2.75, 3.05) is 5.32 Å². The number of rotatable bonds is 3. The number of nitrogens with zero attached hydrogens (tertiary/aromatic N) is 4. The molecule has 0 amide bonds. The van der Waals surface area contributed by atoms with Crippen molar-refractivity contribution in [2.45, 2.75) is 44.3 Å². The lowest BCUT2D eigenvalue weighted by molar-refractivity contribution is 0.206. The van der Waals surface area contributed by atoms with Crippen LogP contribution in [0.1, 0.15) is 32.1 Å². The van der Waals surface area contributed by atoms with E-state index in [1.807, 2.05) is 35.3 Å². The quantitative estimate of drug-likeness (QED) is 0.878. The molecule has 1 saturated carbocycles. The van der Waals surface area contributed by atoms with Crippen LogP contribution >= 0.6 is 0 Å². The lowest BCUT2D eigenvalue weighted by Gasteiger charge is -2.41. The Morgan fingerprint density at radius 1 is 1.11 bits per heavy atom. The Bertz CT molecular complexity index is 872. The van der Waals surface area contributed by atoms with Gasteiger partial charge in [0.15, 0.2) is 0 Å². The lowest BCUT2D eigenvalue weighted by atomic mass is 10.0. The summed E-state index contributed by atoms with van der Waals surface area (Å²) >= 11 is 0. The van der Waals surface area contributed by atoms with Crippen LogP contribution in [0.5, 0.6) is 0 Å². The molecule has 3 heterocycles. The number of hydrogen-bond donors (Lipinski definition) is 2. The van der Waals surface area contributed by atoms with E-state index in [1.54, 1.807) is 6.20 Å². The molecule has 2 N–H and O–H groups in total. The van der Waals surface area contributed by atoms with E-state index in [9.17, 15) is 0 Å². The molecule has 2 aliphatic heterocycles. The van der Waals surface area contributed by atoms with E-state index in [-0.39, 0.29) is 6.17 Å². The van der Waals surface area contributed by atoms with Gasteiger partial charge in [-0.2, -0.15) is 5.10 Å². The van der Waals surface area contributed by atoms with Crippen LogP contribution < -0.4 is 10.6 Å². The zero-order chi connectivity index (χ0) is 18.1. The monoisotopic (exact) mass is 360 g/mol. The molecule has 1 atom stereocenters. The summed E-state index contributed by atoms with van der Waals surface area (Å²) < 4.78 is 1.85. The first-order chi connectivity index (χ1) is 13.4. The molecule has 1 unspecified atom stereocenters. The Morgan fingerprint density at radius 3 is 2.74 bits per heavy atom. The first-order valence-electron chi connectivity index (χ1n) is 9.71. The summed E-state index contributed by atoms with van der Waals surface area (Å²) in [6.45, 7) is 0. The molecule has 6 nitrogen and oxygen atoms in total. The van der Waals surface area contributed by atoms with Crippen molar-refractivity contribution in [1.82, 2.24) is 20.0 Å². The van der Waals surface area contributed by atoms with Gasteiger partial charge in [-0.05, 0) is 61.4 Å². The Hall–Kier alpha value is -3.02. The molecule has 0 saturated heterocycles. The van der Waals surface area contributed by atoms with E-state index < -0.39 is 0 Å². The van der Waals surface area contributed by atoms with E-state index >= 15 is 0 Å². The van der Waals surface area contributed by atoms with E-state index in [2.05, 4.69) is 50.0 Å². The molecule has 6 heteroatoms. The Labute approximate surface area is 159 Å². The molecule has 1 fully saturated rings. The number of guanidine groups is 1. The van der Waals surface area contributed by atoms with Gasteiger partial charge in [-0.15, -0.1) is 0 Å². The maximum absolute atomic E-state index is 4.60. The third kappa shape index (κ3) is 3.23. The smallest absolute Gasteiger partial charge is 0.202 e. The van der Waals surface area contributed by atoms with Gasteiger partial charge in [-0.1, -0.05) is 18.9 Å². The second-order valence-corrected chi connectivity index (χ2v) is 7.33. The van der Waals surface area contributed by atoms with Crippen LogP contribution in [0.15, 0.2) is 71.8 Å². The van der Waals surface area contributed by atoms with Gasteiger partial charge in [-0.3, -0.25) is 0 Å². The summed E-state index contributed by atoms with van der Waals surface area (Å²) in [6, 6.07) is 10.8. The molecular formula is C21H24N6. The van der Waals surface area contributed by atoms with Gasteiger partial charge >= 0.3 is 0 Å². The van der Waals surface area contributed by atoms with Crippen LogP contribution in [-0.4, -0.2) is 32.8 Å². The molecule has 0 radical (unpaired) electrons. The summed E-state index contributed by atoms with van der Waals surface area (Å²) in [7, 11) is 0. The largest absolute Gasteiger partial charge is 0.351 e. The maximum atomic E-state index is 4.60. The predicted octanol–water partition coefficient (Wildman–Crippen LogP) is 3.62. The second-order valence-electron chi connectivity index (χ2n) is 7.33. The highest BCUT2D eigenvalue weighted by molar-refractivity contribution is 5.95. The average molecular weight is 360 g/mol. The number of benzene rings is 1. The van der Waals surface area contributed by atoms with Crippen LogP contribution in [0.4, 0.5) is 5.69 Å². The van der Waals surface area contributed by atoms with Crippen LogP contribution in [0.2, 0.25) is 0 Å². The standard InChI is InChI=1S/C21H24N6/c1-2-7-18(6-1)26-13-3-5-16-15-22-21(25-20(16)26)24-17-8-10-19(11-9-17)27-14-4-12-23-27/h3-4,8-15,18,20H,1-2,5-7H2,(H2,22,24,25). The number of nitrogens with one attached hydrogen (secondary N) is 2. The molecule has 27 heavy (non-hydrogen) atoms. The van der Waals surface area contributed by atoms with E-state index in [4.69, 9.17) is 0 Å². The third-order valence-corrected chi connectivity index (χ3v) is 5.56. The summed E-state index contributed by atoms with van der Waals surface area (Å²) in [4.78, 5) is 7.08. The van der Waals surface area contributed by atoms with Crippen LogP contribution in [0.25, 0.3) is 5.69 Å². The lowest BCUT2D eigenvalue weighted by Crippen LogP contribution is -2.54. The number of hydrogen-bond acceptors (Lipinski definition) is 5. The van der Waals surface area contributed by atoms with Crippen LogP contribution in [-0.2, 0) is 0 Å². The third-order valence-electron chi connectivity index (χ3n) is 5.56. The molecule has 1 aromatic carbocycles. The van der Waals surface area contributed by atoms with Gasteiger partial charge in [0.1, 0.15) is 6.17 Å². The van der Waals surface area contributed by atoms with Crippen molar-refractivity contribution in [3.63, 3.8) is 0 Å². The van der Waals surface area contributed by atoms with Crippen molar-refractivity contribution in [3.05, 3.63) is 66.8 Å². The Kier molecular flexibility index (Phi) is 4.16. The number of aromatic nitrogens is 2. The Balaban J connectivity index is 1.30. The molecule has 138 valence electrons. The highest BCUT2D eigenvalue weighted by atomic mass is 15.3. The van der Waals surface area contributed by atoms with Gasteiger partial charge in [0, 0.05) is 30.3 Å². The first-order valence-corrected chi connectivity index (χ1v) is 9.71. The Morgan fingerprint density at radius 2 is 1.96 bits per heavy atom. The van der Waals surface area contributed by atoms with Crippen molar-refractivity contribution >= 4 is 11.6 Å². The SMILES string of the molecule is C1=CN(C2CCCC2)C2NC(Nc3ccc(-n4cccn4)cc3)=NC=C2C1. The van der Waals surface area contributed by atoms with E-state index in [0.717, 1.165) is 23.8 Å². The minimum Gasteiger partial charge on any atom is -0.351 e. The molecule has 1 aromatic heterocycles. The molecule has 0 bridgehead atoms. The molecule has 2 aromatic rings. The van der Waals surface area contributed by atoms with Crippen LogP contribution in [0.3, 0.4) is 0 Å². The fourth-order valence-electron chi connectivity index (χ4n) is 4.16. The zero-order valence-corrected chi connectivity index (χ0v) is 15.3. The number of fused-ring (bicyclic) bond motifs is 1. The van der Waals surface area contributed by atoms with E-state index in [0.29, 0.717) is 6.04 Å². The maximum Gasteiger partial charge on any atom is 0.202 e. The molecular weight excluding hydrogens is 336 g/mol. The normalized spacial score (nSPS) is 22.1. The molecule has 3 aliphatic rings. The van der Waals surface area contributed by atoms with Crippen molar-refractivity contribution in [1.29, 1.82) is 0 Å². The topological polar surface area (TPSA) is 57.5 Å². The molecule has 5 rings (SSSR count). The van der Waals surface area contributed by atoms with Gasteiger partial charge < -0.3 is 15.5 Å². The minimum atomic E-state index is 0.210. The van der Waals surface area contributed by atoms with Crippen molar-refractivity contribution < 1.29 is 0 Å². The van der Waals surface area contributed by atoms with Gasteiger partial charge in [0.05, 0.1) is 5.69 Å². The summed E-state index contributed by atoms with van der Waals surface area (Å²) in [6.07, 6.45) is 16.7. The van der Waals surface area contributed by atoms with E-state index in [1.165, 1.54) is 31.3 Å². The van der Waals surface area contributed by atoms with Gasteiger partial charge in [0.25, 0.3) is 0 Å². The second kappa shape index (κ2) is 6.95.